The molecule has 0 unspecified atom stereocenters. The summed E-state index contributed by atoms with van der Waals surface area (Å²) in [6.45, 7) is 2.56. The molecule has 0 fully saturated rings. The van der Waals surface area contributed by atoms with E-state index in [4.69, 9.17) is 4.42 Å². The molecule has 25 heavy (non-hydrogen) atoms. The normalized spacial score (nSPS) is 10.6. The maximum atomic E-state index is 12.0. The van der Waals surface area contributed by atoms with E-state index < -0.39 is 0 Å². The summed E-state index contributed by atoms with van der Waals surface area (Å²) in [7, 11) is 0. The Morgan fingerprint density at radius 3 is 2.76 bits per heavy atom. The third-order valence-electron chi connectivity index (χ3n) is 3.83. The van der Waals surface area contributed by atoms with Gasteiger partial charge in [-0.15, -0.1) is 0 Å². The molecule has 1 N–H and O–H groups in total. The number of hydrogen-bond acceptors (Lipinski definition) is 3. The lowest BCUT2D eigenvalue weighted by molar-refractivity contribution is -0.121. The smallest absolute Gasteiger partial charge is 0.220 e. The Morgan fingerprint density at radius 2 is 2.00 bits per heavy atom. The molecule has 0 saturated heterocycles. The van der Waals surface area contributed by atoms with Gasteiger partial charge in [-0.25, -0.2) is 4.98 Å². The van der Waals surface area contributed by atoms with Gasteiger partial charge in [0.25, 0.3) is 0 Å². The Labute approximate surface area is 155 Å². The molecule has 0 radical (unpaired) electrons. The van der Waals surface area contributed by atoms with Gasteiger partial charge in [0.2, 0.25) is 5.91 Å². The lowest BCUT2D eigenvalue weighted by Gasteiger charge is -2.05. The van der Waals surface area contributed by atoms with Crippen molar-refractivity contribution >= 4 is 21.8 Å². The molecule has 5 heteroatoms. The van der Waals surface area contributed by atoms with E-state index in [-0.39, 0.29) is 5.91 Å². The Balaban J connectivity index is 1.50. The standard InChI is InChI=1S/C20H19BrN2O2/c1-14-5-7-16(8-6-14)18-13-23-20(25-18)10-9-19(24)22-12-15-3-2-4-17(21)11-15/h2-8,11,13H,9-10,12H2,1H3,(H,22,24). The molecule has 3 aromatic rings. The van der Waals surface area contributed by atoms with E-state index in [0.29, 0.717) is 25.3 Å². The zero-order valence-corrected chi connectivity index (χ0v) is 15.5. The van der Waals surface area contributed by atoms with Crippen LogP contribution in [0.3, 0.4) is 0 Å². The molecule has 1 heterocycles. The first-order valence-electron chi connectivity index (χ1n) is 8.13. The Bertz CT molecular complexity index is 856. The number of nitrogens with one attached hydrogen (secondary N) is 1. The SMILES string of the molecule is Cc1ccc(-c2cnc(CCC(=O)NCc3cccc(Br)c3)o2)cc1. The molecule has 0 bridgehead atoms. The first-order chi connectivity index (χ1) is 12.1. The molecule has 0 aliphatic carbocycles. The second-order valence-corrected chi connectivity index (χ2v) is 6.81. The maximum absolute atomic E-state index is 12.0. The van der Waals surface area contributed by atoms with Crippen molar-refractivity contribution in [3.8, 4) is 11.3 Å². The van der Waals surface area contributed by atoms with Gasteiger partial charge in [-0.3, -0.25) is 4.79 Å². The summed E-state index contributed by atoms with van der Waals surface area (Å²) in [4.78, 5) is 16.3. The highest BCUT2D eigenvalue weighted by Gasteiger charge is 2.09. The predicted octanol–water partition coefficient (Wildman–Crippen LogP) is 4.66. The number of hydrogen-bond donors (Lipinski definition) is 1. The average Bonchev–Trinajstić information content (AvgIpc) is 3.08. The average molecular weight is 399 g/mol. The second kappa shape index (κ2) is 8.12. The number of aromatic nitrogens is 1. The Morgan fingerprint density at radius 1 is 1.20 bits per heavy atom. The van der Waals surface area contributed by atoms with Crippen LogP contribution in [0.25, 0.3) is 11.3 Å². The molecule has 2 aromatic carbocycles. The van der Waals surface area contributed by atoms with Gasteiger partial charge in [0.05, 0.1) is 6.20 Å². The lowest BCUT2D eigenvalue weighted by atomic mass is 10.1. The zero-order valence-electron chi connectivity index (χ0n) is 14.0. The second-order valence-electron chi connectivity index (χ2n) is 5.89. The summed E-state index contributed by atoms with van der Waals surface area (Å²) in [6, 6.07) is 16.0. The molecule has 0 aliphatic rings. The van der Waals surface area contributed by atoms with Crippen LogP contribution in [0.4, 0.5) is 0 Å². The summed E-state index contributed by atoms with van der Waals surface area (Å²) < 4.78 is 6.74. The van der Waals surface area contributed by atoms with Gasteiger partial charge in [-0.2, -0.15) is 0 Å². The van der Waals surface area contributed by atoms with Crippen molar-refractivity contribution in [1.82, 2.24) is 10.3 Å². The van der Waals surface area contributed by atoms with Gasteiger partial charge in [0.1, 0.15) is 0 Å². The summed E-state index contributed by atoms with van der Waals surface area (Å²) >= 11 is 3.42. The summed E-state index contributed by atoms with van der Waals surface area (Å²) in [5, 5.41) is 2.91. The van der Waals surface area contributed by atoms with Gasteiger partial charge in [-0.1, -0.05) is 57.9 Å². The van der Waals surface area contributed by atoms with Crippen LogP contribution < -0.4 is 5.32 Å². The number of oxazole rings is 1. The van der Waals surface area contributed by atoms with E-state index in [9.17, 15) is 4.79 Å². The van der Waals surface area contributed by atoms with Crippen molar-refractivity contribution in [3.63, 3.8) is 0 Å². The van der Waals surface area contributed by atoms with Crippen LogP contribution in [0.2, 0.25) is 0 Å². The summed E-state index contributed by atoms with van der Waals surface area (Å²) in [5.41, 5.74) is 3.24. The number of carbonyl (C=O) groups excluding carboxylic acids is 1. The molecule has 0 spiro atoms. The lowest BCUT2D eigenvalue weighted by Crippen LogP contribution is -2.23. The van der Waals surface area contributed by atoms with Gasteiger partial charge in [0, 0.05) is 29.4 Å². The van der Waals surface area contributed by atoms with Crippen molar-refractivity contribution in [2.24, 2.45) is 0 Å². The molecule has 0 aliphatic heterocycles. The molecular formula is C20H19BrN2O2. The van der Waals surface area contributed by atoms with Crippen LogP contribution in [0, 0.1) is 6.92 Å². The van der Waals surface area contributed by atoms with Crippen LogP contribution in [-0.4, -0.2) is 10.9 Å². The van der Waals surface area contributed by atoms with Crippen LogP contribution in [-0.2, 0) is 17.8 Å². The number of nitrogens with zero attached hydrogens (tertiary/aromatic N) is 1. The fourth-order valence-corrected chi connectivity index (χ4v) is 2.88. The summed E-state index contributed by atoms with van der Waals surface area (Å²) in [5.74, 6) is 1.28. The fraction of sp³-hybridized carbons (Fsp3) is 0.200. The Kier molecular flexibility index (Phi) is 5.66. The van der Waals surface area contributed by atoms with Crippen LogP contribution >= 0.6 is 15.9 Å². The third kappa shape index (κ3) is 5.03. The van der Waals surface area contributed by atoms with E-state index >= 15 is 0 Å². The number of aryl methyl sites for hydroxylation is 2. The molecule has 128 valence electrons. The largest absolute Gasteiger partial charge is 0.441 e. The van der Waals surface area contributed by atoms with Crippen molar-refractivity contribution in [2.75, 3.05) is 0 Å². The fourth-order valence-electron chi connectivity index (χ4n) is 2.43. The topological polar surface area (TPSA) is 55.1 Å². The molecule has 1 aromatic heterocycles. The minimum atomic E-state index is -0.0185. The monoisotopic (exact) mass is 398 g/mol. The van der Waals surface area contributed by atoms with Crippen molar-refractivity contribution < 1.29 is 9.21 Å². The quantitative estimate of drug-likeness (QED) is 0.656. The number of halogens is 1. The molecule has 4 nitrogen and oxygen atoms in total. The third-order valence-corrected chi connectivity index (χ3v) is 4.33. The molecule has 0 saturated carbocycles. The number of rotatable bonds is 6. The number of carbonyl (C=O) groups is 1. The molecular weight excluding hydrogens is 380 g/mol. The van der Waals surface area contributed by atoms with E-state index in [1.165, 1.54) is 5.56 Å². The van der Waals surface area contributed by atoms with Crippen molar-refractivity contribution in [2.45, 2.75) is 26.3 Å². The van der Waals surface area contributed by atoms with Crippen molar-refractivity contribution in [1.29, 1.82) is 0 Å². The van der Waals surface area contributed by atoms with E-state index in [1.54, 1.807) is 6.20 Å². The highest BCUT2D eigenvalue weighted by molar-refractivity contribution is 9.10. The predicted molar refractivity (Wildman–Crippen MR) is 101 cm³/mol. The van der Waals surface area contributed by atoms with Gasteiger partial charge in [-0.05, 0) is 24.6 Å². The maximum Gasteiger partial charge on any atom is 0.220 e. The van der Waals surface area contributed by atoms with Crippen LogP contribution in [0.15, 0.2) is 63.6 Å². The highest BCUT2D eigenvalue weighted by atomic mass is 79.9. The minimum absolute atomic E-state index is 0.0185. The van der Waals surface area contributed by atoms with Gasteiger partial charge >= 0.3 is 0 Å². The Hall–Kier alpha value is -2.40. The first kappa shape index (κ1) is 17.4. The first-order valence-corrected chi connectivity index (χ1v) is 8.92. The summed E-state index contributed by atoms with van der Waals surface area (Å²) in [6.07, 6.45) is 2.54. The molecule has 3 rings (SSSR count). The van der Waals surface area contributed by atoms with Gasteiger partial charge < -0.3 is 9.73 Å². The van der Waals surface area contributed by atoms with E-state index in [0.717, 1.165) is 21.4 Å². The zero-order chi connectivity index (χ0) is 17.6. The van der Waals surface area contributed by atoms with Gasteiger partial charge in [0.15, 0.2) is 11.7 Å². The molecule has 0 atom stereocenters. The van der Waals surface area contributed by atoms with Crippen LogP contribution in [0.1, 0.15) is 23.4 Å². The number of amides is 1. The number of benzene rings is 2. The van der Waals surface area contributed by atoms with Crippen molar-refractivity contribution in [3.05, 3.63) is 76.2 Å². The molecule has 1 amide bonds. The van der Waals surface area contributed by atoms with E-state index in [1.807, 2.05) is 55.5 Å². The minimum Gasteiger partial charge on any atom is -0.441 e. The van der Waals surface area contributed by atoms with E-state index in [2.05, 4.69) is 26.2 Å². The highest BCUT2D eigenvalue weighted by Crippen LogP contribution is 2.21. The van der Waals surface area contributed by atoms with Crippen LogP contribution in [0.5, 0.6) is 0 Å².